The van der Waals surface area contributed by atoms with Gasteiger partial charge in [0, 0.05) is 12.2 Å². The number of hydrogen-bond acceptors (Lipinski definition) is 3. The van der Waals surface area contributed by atoms with Crippen LogP contribution in [0.1, 0.15) is 34.8 Å². The van der Waals surface area contributed by atoms with Crippen molar-refractivity contribution >= 4 is 17.6 Å². The van der Waals surface area contributed by atoms with Crippen molar-refractivity contribution in [1.82, 2.24) is 4.90 Å². The molecule has 0 spiro atoms. The van der Waals surface area contributed by atoms with Gasteiger partial charge in [-0.3, -0.25) is 9.69 Å². The first-order valence-corrected chi connectivity index (χ1v) is 8.39. The van der Waals surface area contributed by atoms with Crippen LogP contribution in [-0.4, -0.2) is 35.0 Å². The number of carbonyl (C=O) groups is 2. The van der Waals surface area contributed by atoms with Gasteiger partial charge in [-0.05, 0) is 49.2 Å². The zero-order valence-electron chi connectivity index (χ0n) is 14.7. The van der Waals surface area contributed by atoms with Gasteiger partial charge >= 0.3 is 5.97 Å². The zero-order chi connectivity index (χ0) is 18.2. The summed E-state index contributed by atoms with van der Waals surface area (Å²) in [5.41, 5.74) is 2.99. The highest BCUT2D eigenvalue weighted by molar-refractivity contribution is 5.93. The van der Waals surface area contributed by atoms with E-state index >= 15 is 0 Å². The normalized spacial score (nSPS) is 10.7. The molecule has 0 radical (unpaired) electrons. The molecule has 0 saturated carbocycles. The molecule has 0 aliphatic carbocycles. The lowest BCUT2D eigenvalue weighted by Crippen LogP contribution is -2.33. The van der Waals surface area contributed by atoms with E-state index in [1.807, 2.05) is 42.2 Å². The monoisotopic (exact) mass is 340 g/mol. The summed E-state index contributed by atoms with van der Waals surface area (Å²) in [6.45, 7) is 5.57. The third-order valence-corrected chi connectivity index (χ3v) is 3.91. The molecule has 132 valence electrons. The first-order valence-electron chi connectivity index (χ1n) is 8.39. The predicted octanol–water partition coefficient (Wildman–Crippen LogP) is 3.54. The number of anilines is 1. The molecule has 2 rings (SSSR count). The first kappa shape index (κ1) is 18.7. The molecule has 0 unspecified atom stereocenters. The minimum Gasteiger partial charge on any atom is -0.478 e. The molecule has 0 aromatic heterocycles. The van der Waals surface area contributed by atoms with Gasteiger partial charge < -0.3 is 10.4 Å². The molecule has 2 aromatic rings. The van der Waals surface area contributed by atoms with Gasteiger partial charge in [0.1, 0.15) is 0 Å². The Morgan fingerprint density at radius 3 is 2.56 bits per heavy atom. The SMILES string of the molecule is CCCN(CC(=O)Nc1ccccc1C)Cc1cccc(C(=O)O)c1. The highest BCUT2D eigenvalue weighted by atomic mass is 16.4. The van der Waals surface area contributed by atoms with Crippen LogP contribution in [0.5, 0.6) is 0 Å². The third kappa shape index (κ3) is 5.72. The van der Waals surface area contributed by atoms with E-state index in [4.69, 9.17) is 5.11 Å². The Morgan fingerprint density at radius 2 is 1.88 bits per heavy atom. The fraction of sp³-hybridized carbons (Fsp3) is 0.300. The van der Waals surface area contributed by atoms with Crippen LogP contribution in [0.4, 0.5) is 5.69 Å². The number of carbonyl (C=O) groups excluding carboxylic acids is 1. The molecular weight excluding hydrogens is 316 g/mol. The van der Waals surface area contributed by atoms with Crippen LogP contribution in [0.25, 0.3) is 0 Å². The van der Waals surface area contributed by atoms with E-state index in [1.165, 1.54) is 0 Å². The second kappa shape index (κ2) is 8.99. The van der Waals surface area contributed by atoms with Crippen molar-refractivity contribution in [2.45, 2.75) is 26.8 Å². The average Bonchev–Trinajstić information content (AvgIpc) is 2.57. The number of aromatic carboxylic acids is 1. The molecule has 2 aromatic carbocycles. The van der Waals surface area contributed by atoms with Gasteiger partial charge in [0.25, 0.3) is 0 Å². The van der Waals surface area contributed by atoms with Crippen molar-refractivity contribution in [2.75, 3.05) is 18.4 Å². The van der Waals surface area contributed by atoms with E-state index in [-0.39, 0.29) is 18.0 Å². The Hall–Kier alpha value is -2.66. The molecule has 0 aliphatic rings. The van der Waals surface area contributed by atoms with Gasteiger partial charge in [0.2, 0.25) is 5.91 Å². The Kier molecular flexibility index (Phi) is 6.71. The molecule has 0 aliphatic heterocycles. The van der Waals surface area contributed by atoms with Crippen LogP contribution in [-0.2, 0) is 11.3 Å². The Morgan fingerprint density at radius 1 is 1.12 bits per heavy atom. The number of carboxylic acid groups (broad SMARTS) is 1. The second-order valence-electron chi connectivity index (χ2n) is 6.08. The molecule has 0 atom stereocenters. The van der Waals surface area contributed by atoms with Crippen molar-refractivity contribution in [3.63, 3.8) is 0 Å². The van der Waals surface area contributed by atoms with Gasteiger partial charge in [-0.1, -0.05) is 37.3 Å². The molecule has 0 heterocycles. The maximum atomic E-state index is 12.4. The van der Waals surface area contributed by atoms with Gasteiger partial charge in [-0.2, -0.15) is 0 Å². The van der Waals surface area contributed by atoms with Crippen LogP contribution in [0.3, 0.4) is 0 Å². The van der Waals surface area contributed by atoms with Gasteiger partial charge in [-0.15, -0.1) is 0 Å². The van der Waals surface area contributed by atoms with Crippen molar-refractivity contribution in [1.29, 1.82) is 0 Å². The quantitative estimate of drug-likeness (QED) is 0.771. The van der Waals surface area contributed by atoms with Gasteiger partial charge in [0.05, 0.1) is 12.1 Å². The number of nitrogens with one attached hydrogen (secondary N) is 1. The van der Waals surface area contributed by atoms with E-state index < -0.39 is 5.97 Å². The number of nitrogens with zero attached hydrogens (tertiary/aromatic N) is 1. The van der Waals surface area contributed by atoms with Crippen molar-refractivity contribution in [2.24, 2.45) is 0 Å². The average molecular weight is 340 g/mol. The third-order valence-electron chi connectivity index (χ3n) is 3.91. The highest BCUT2D eigenvalue weighted by Gasteiger charge is 2.13. The molecule has 0 fully saturated rings. The van der Waals surface area contributed by atoms with Crippen LogP contribution >= 0.6 is 0 Å². The van der Waals surface area contributed by atoms with Crippen LogP contribution < -0.4 is 5.32 Å². The van der Waals surface area contributed by atoms with E-state index in [9.17, 15) is 9.59 Å². The molecule has 1 amide bonds. The molecule has 0 bridgehead atoms. The Labute approximate surface area is 148 Å². The number of aryl methyl sites for hydroxylation is 1. The summed E-state index contributed by atoms with van der Waals surface area (Å²) in [4.78, 5) is 25.5. The number of carboxylic acids is 1. The zero-order valence-corrected chi connectivity index (χ0v) is 14.7. The standard InChI is InChI=1S/C20H24N2O3/c1-3-11-22(13-16-8-6-9-17(12-16)20(24)25)14-19(23)21-18-10-5-4-7-15(18)2/h4-10,12H,3,11,13-14H2,1-2H3,(H,21,23)(H,24,25). The second-order valence-corrected chi connectivity index (χ2v) is 6.08. The predicted molar refractivity (Wildman–Crippen MR) is 98.8 cm³/mol. The fourth-order valence-electron chi connectivity index (χ4n) is 2.70. The van der Waals surface area contributed by atoms with E-state index in [1.54, 1.807) is 18.2 Å². The summed E-state index contributed by atoms with van der Waals surface area (Å²) in [6.07, 6.45) is 0.913. The van der Waals surface area contributed by atoms with Crippen LogP contribution in [0.2, 0.25) is 0 Å². The minimum atomic E-state index is -0.943. The number of hydrogen-bond donors (Lipinski definition) is 2. The topological polar surface area (TPSA) is 69.6 Å². The van der Waals surface area contributed by atoms with E-state index in [0.717, 1.165) is 29.8 Å². The Bertz CT molecular complexity index is 743. The summed E-state index contributed by atoms with van der Waals surface area (Å²) in [5, 5.41) is 12.0. The number of benzene rings is 2. The molecular formula is C20H24N2O3. The van der Waals surface area contributed by atoms with Gasteiger partial charge in [-0.25, -0.2) is 4.79 Å². The number of amides is 1. The maximum Gasteiger partial charge on any atom is 0.335 e. The first-order chi connectivity index (χ1) is 12.0. The number of rotatable bonds is 8. The number of para-hydroxylation sites is 1. The van der Waals surface area contributed by atoms with Gasteiger partial charge in [0.15, 0.2) is 0 Å². The molecule has 25 heavy (non-hydrogen) atoms. The van der Waals surface area contributed by atoms with Crippen LogP contribution in [0.15, 0.2) is 48.5 Å². The summed E-state index contributed by atoms with van der Waals surface area (Å²) in [5.74, 6) is -1.02. The summed E-state index contributed by atoms with van der Waals surface area (Å²) < 4.78 is 0. The van der Waals surface area contributed by atoms with Crippen molar-refractivity contribution in [3.8, 4) is 0 Å². The van der Waals surface area contributed by atoms with Crippen molar-refractivity contribution in [3.05, 3.63) is 65.2 Å². The minimum absolute atomic E-state index is 0.0721. The summed E-state index contributed by atoms with van der Waals surface area (Å²) in [6, 6.07) is 14.5. The smallest absolute Gasteiger partial charge is 0.335 e. The molecule has 5 heteroatoms. The molecule has 0 saturated heterocycles. The molecule has 2 N–H and O–H groups in total. The van der Waals surface area contributed by atoms with Crippen molar-refractivity contribution < 1.29 is 14.7 Å². The van der Waals surface area contributed by atoms with E-state index in [0.29, 0.717) is 6.54 Å². The fourth-order valence-corrected chi connectivity index (χ4v) is 2.70. The lowest BCUT2D eigenvalue weighted by atomic mass is 10.1. The summed E-state index contributed by atoms with van der Waals surface area (Å²) >= 11 is 0. The van der Waals surface area contributed by atoms with E-state index in [2.05, 4.69) is 12.2 Å². The molecule has 5 nitrogen and oxygen atoms in total. The summed E-state index contributed by atoms with van der Waals surface area (Å²) in [7, 11) is 0. The lowest BCUT2D eigenvalue weighted by molar-refractivity contribution is -0.117. The largest absolute Gasteiger partial charge is 0.478 e. The Balaban J connectivity index is 2.02. The lowest BCUT2D eigenvalue weighted by Gasteiger charge is -2.21. The highest BCUT2D eigenvalue weighted by Crippen LogP contribution is 2.14. The van der Waals surface area contributed by atoms with Crippen LogP contribution in [0, 0.1) is 6.92 Å². The maximum absolute atomic E-state index is 12.4.